The van der Waals surface area contributed by atoms with Crippen LogP contribution in [-0.2, 0) is 20.4 Å². The molecule has 0 saturated heterocycles. The highest BCUT2D eigenvalue weighted by Crippen LogP contribution is 2.51. The predicted octanol–water partition coefficient (Wildman–Crippen LogP) is 5.37. The molecule has 2 aromatic carbocycles. The first-order valence-corrected chi connectivity index (χ1v) is 12.3. The monoisotopic (exact) mass is 491 g/mol. The lowest BCUT2D eigenvalue weighted by atomic mass is 9.89. The maximum absolute atomic E-state index is 13.3. The van der Waals surface area contributed by atoms with E-state index in [1.165, 1.54) is 0 Å². The van der Waals surface area contributed by atoms with E-state index in [-0.39, 0.29) is 18.1 Å². The number of benzene rings is 2. The van der Waals surface area contributed by atoms with E-state index >= 15 is 0 Å². The molecule has 1 aliphatic carbocycles. The first kappa shape index (κ1) is 24.0. The van der Waals surface area contributed by atoms with Crippen molar-refractivity contribution in [2.75, 3.05) is 18.7 Å². The maximum Gasteiger partial charge on any atom is 0.407 e. The van der Waals surface area contributed by atoms with Crippen molar-refractivity contribution in [3.63, 3.8) is 0 Å². The summed E-state index contributed by atoms with van der Waals surface area (Å²) in [5, 5.41) is 6.96. The molecule has 0 unspecified atom stereocenters. The van der Waals surface area contributed by atoms with E-state index < -0.39 is 17.1 Å². The molecule has 0 bridgehead atoms. The first-order chi connectivity index (χ1) is 17.0. The number of H-pyrrole nitrogens is 1. The summed E-state index contributed by atoms with van der Waals surface area (Å²) < 4.78 is 16.3. The molecular weight excluding hydrogens is 458 g/mol. The van der Waals surface area contributed by atoms with Gasteiger partial charge in [-0.15, -0.1) is 0 Å². The fraction of sp³-hybridized carbons (Fsp3) is 0.429. The zero-order valence-corrected chi connectivity index (χ0v) is 21.4. The fourth-order valence-corrected chi connectivity index (χ4v) is 4.49. The minimum atomic E-state index is -0.544. The number of hydrogen-bond acceptors (Lipinski definition) is 5. The third-order valence-corrected chi connectivity index (χ3v) is 6.79. The van der Waals surface area contributed by atoms with Gasteiger partial charge in [0.15, 0.2) is 11.5 Å². The van der Waals surface area contributed by atoms with Gasteiger partial charge in [-0.3, -0.25) is 4.79 Å². The first-order valence-electron chi connectivity index (χ1n) is 12.3. The standard InChI is InChI=1S/C28H33N3O5/c1-26(2,3)36-25(33)29-15-27(4,5)23-13-17-12-19(7-8-20(17)31-23)30-24(32)28(10-11-28)18-6-9-21-22(14-18)35-16-34-21/h6-9,12-14,31H,10-11,15-16H2,1-5H3,(H,29,33)(H,30,32). The second-order valence-electron chi connectivity index (χ2n) is 11.3. The molecule has 8 nitrogen and oxygen atoms in total. The quantitative estimate of drug-likeness (QED) is 0.430. The smallest absolute Gasteiger partial charge is 0.407 e. The van der Waals surface area contributed by atoms with E-state index in [0.717, 1.165) is 40.7 Å². The normalized spacial score (nSPS) is 16.0. The number of alkyl carbamates (subject to hydrolysis) is 1. The van der Waals surface area contributed by atoms with Crippen LogP contribution in [0.3, 0.4) is 0 Å². The number of fused-ring (bicyclic) bond motifs is 2. The summed E-state index contributed by atoms with van der Waals surface area (Å²) in [7, 11) is 0. The number of amides is 2. The molecule has 1 saturated carbocycles. The summed E-state index contributed by atoms with van der Waals surface area (Å²) in [6.45, 7) is 10.3. The van der Waals surface area contributed by atoms with Gasteiger partial charge in [0.1, 0.15) is 5.60 Å². The molecule has 1 aromatic heterocycles. The lowest BCUT2D eigenvalue weighted by molar-refractivity contribution is -0.118. The Kier molecular flexibility index (Phi) is 5.65. The fourth-order valence-electron chi connectivity index (χ4n) is 4.49. The van der Waals surface area contributed by atoms with Crippen molar-refractivity contribution in [3.8, 4) is 11.5 Å². The van der Waals surface area contributed by atoms with E-state index in [1.807, 2.05) is 57.2 Å². The molecule has 2 amide bonds. The van der Waals surface area contributed by atoms with Gasteiger partial charge in [-0.2, -0.15) is 0 Å². The Balaban J connectivity index is 1.28. The number of hydrogen-bond donors (Lipinski definition) is 3. The van der Waals surface area contributed by atoms with Crippen LogP contribution in [0.25, 0.3) is 10.9 Å². The van der Waals surface area contributed by atoms with Gasteiger partial charge in [-0.1, -0.05) is 19.9 Å². The molecule has 2 aliphatic rings. The molecule has 5 rings (SSSR count). The van der Waals surface area contributed by atoms with Crippen LogP contribution in [0, 0.1) is 0 Å². The summed E-state index contributed by atoms with van der Waals surface area (Å²) in [5.74, 6) is 1.39. The van der Waals surface area contributed by atoms with Crippen LogP contribution in [0.2, 0.25) is 0 Å². The predicted molar refractivity (Wildman–Crippen MR) is 138 cm³/mol. The lowest BCUT2D eigenvalue weighted by Gasteiger charge is -2.25. The molecule has 0 radical (unpaired) electrons. The Hall–Kier alpha value is -3.68. The average molecular weight is 492 g/mol. The van der Waals surface area contributed by atoms with Crippen molar-refractivity contribution in [1.29, 1.82) is 0 Å². The maximum atomic E-state index is 13.3. The van der Waals surface area contributed by atoms with Gasteiger partial charge >= 0.3 is 6.09 Å². The zero-order chi connectivity index (χ0) is 25.7. The van der Waals surface area contributed by atoms with Gasteiger partial charge in [0.05, 0.1) is 5.41 Å². The second-order valence-corrected chi connectivity index (χ2v) is 11.3. The molecule has 2 heterocycles. The van der Waals surface area contributed by atoms with Gasteiger partial charge in [0, 0.05) is 34.2 Å². The number of aromatic amines is 1. The number of ether oxygens (including phenoxy) is 3. The average Bonchev–Trinajstić information content (AvgIpc) is 3.28. The largest absolute Gasteiger partial charge is 0.454 e. The molecule has 1 fully saturated rings. The molecule has 190 valence electrons. The topological polar surface area (TPSA) is 102 Å². The SMILES string of the molecule is CC(C)(C)OC(=O)NCC(C)(C)c1cc2cc(NC(=O)C3(c4ccc5c(c4)OCO5)CC3)ccc2[nH]1. The summed E-state index contributed by atoms with van der Waals surface area (Å²) in [4.78, 5) is 28.9. The van der Waals surface area contributed by atoms with Crippen molar-refractivity contribution in [2.24, 2.45) is 0 Å². The van der Waals surface area contributed by atoms with Crippen LogP contribution < -0.4 is 20.1 Å². The number of anilines is 1. The Labute approximate surface area is 210 Å². The van der Waals surface area contributed by atoms with Gasteiger partial charge < -0.3 is 29.8 Å². The Morgan fingerprint density at radius 3 is 2.47 bits per heavy atom. The van der Waals surface area contributed by atoms with E-state index in [4.69, 9.17) is 14.2 Å². The van der Waals surface area contributed by atoms with Crippen molar-refractivity contribution >= 4 is 28.6 Å². The Morgan fingerprint density at radius 1 is 1.00 bits per heavy atom. The Bertz CT molecular complexity index is 1330. The molecule has 36 heavy (non-hydrogen) atoms. The van der Waals surface area contributed by atoms with Crippen LogP contribution >= 0.6 is 0 Å². The third-order valence-electron chi connectivity index (χ3n) is 6.79. The zero-order valence-electron chi connectivity index (χ0n) is 21.4. The van der Waals surface area contributed by atoms with E-state index in [0.29, 0.717) is 18.0 Å². The van der Waals surface area contributed by atoms with Gasteiger partial charge in [0.2, 0.25) is 12.7 Å². The molecule has 0 atom stereocenters. The van der Waals surface area contributed by atoms with E-state index in [2.05, 4.69) is 35.5 Å². The van der Waals surface area contributed by atoms with Gasteiger partial charge in [-0.05, 0) is 75.6 Å². The molecule has 1 aliphatic heterocycles. The third kappa shape index (κ3) is 4.72. The van der Waals surface area contributed by atoms with Gasteiger partial charge in [-0.25, -0.2) is 4.79 Å². The minimum Gasteiger partial charge on any atom is -0.454 e. The number of aromatic nitrogens is 1. The molecular formula is C28H33N3O5. The van der Waals surface area contributed by atoms with E-state index in [9.17, 15) is 9.59 Å². The van der Waals surface area contributed by atoms with Crippen molar-refractivity contribution in [3.05, 3.63) is 53.7 Å². The minimum absolute atomic E-state index is 0.0154. The highest BCUT2D eigenvalue weighted by atomic mass is 16.7. The van der Waals surface area contributed by atoms with Crippen LogP contribution in [0.15, 0.2) is 42.5 Å². The van der Waals surface area contributed by atoms with Crippen molar-refractivity contribution < 1.29 is 23.8 Å². The highest BCUT2D eigenvalue weighted by Gasteiger charge is 2.51. The lowest BCUT2D eigenvalue weighted by Crippen LogP contribution is -2.39. The summed E-state index contributed by atoms with van der Waals surface area (Å²) >= 11 is 0. The van der Waals surface area contributed by atoms with Crippen LogP contribution in [-0.4, -0.2) is 35.9 Å². The summed E-state index contributed by atoms with van der Waals surface area (Å²) in [6, 6.07) is 13.7. The number of carbonyl (C=O) groups is 2. The molecule has 8 heteroatoms. The summed E-state index contributed by atoms with van der Waals surface area (Å²) in [6.07, 6.45) is 1.16. The second kappa shape index (κ2) is 8.47. The molecule has 3 N–H and O–H groups in total. The van der Waals surface area contributed by atoms with E-state index in [1.54, 1.807) is 0 Å². The molecule has 0 spiro atoms. The van der Waals surface area contributed by atoms with Crippen LogP contribution in [0.5, 0.6) is 11.5 Å². The number of nitrogens with one attached hydrogen (secondary N) is 3. The number of rotatable bonds is 6. The highest BCUT2D eigenvalue weighted by molar-refractivity contribution is 6.02. The van der Waals surface area contributed by atoms with Gasteiger partial charge in [0.25, 0.3) is 0 Å². The van der Waals surface area contributed by atoms with Crippen LogP contribution in [0.4, 0.5) is 10.5 Å². The molecule has 3 aromatic rings. The Morgan fingerprint density at radius 2 is 1.75 bits per heavy atom. The summed E-state index contributed by atoms with van der Waals surface area (Å²) in [5.41, 5.74) is 2.22. The number of carbonyl (C=O) groups excluding carboxylic acids is 2. The van der Waals surface area contributed by atoms with Crippen LogP contribution in [0.1, 0.15) is 58.7 Å². The van der Waals surface area contributed by atoms with Crippen molar-refractivity contribution in [2.45, 2.75) is 63.9 Å². The van der Waals surface area contributed by atoms with Crippen molar-refractivity contribution in [1.82, 2.24) is 10.3 Å².